The highest BCUT2D eigenvalue weighted by Crippen LogP contribution is 2.30. The number of benzene rings is 1. The Morgan fingerprint density at radius 2 is 2.11 bits per heavy atom. The maximum Gasteiger partial charge on any atom is 0.217 e. The molecule has 28 heavy (non-hydrogen) atoms. The highest BCUT2D eigenvalue weighted by molar-refractivity contribution is 7.17. The number of nitrogens with two attached hydrogens (primary N) is 1. The van der Waals surface area contributed by atoms with E-state index in [0.29, 0.717) is 24.2 Å². The number of aliphatic imine (C=N–C) groups is 1. The predicted octanol–water partition coefficient (Wildman–Crippen LogP) is 4.13. The average molecular weight is 434 g/mol. The summed E-state index contributed by atoms with van der Waals surface area (Å²) in [4.78, 5) is 22.0. The zero-order chi connectivity index (χ0) is 19.9. The molecule has 3 aromatic rings. The summed E-state index contributed by atoms with van der Waals surface area (Å²) in [5.74, 6) is 0.282. The van der Waals surface area contributed by atoms with Gasteiger partial charge in [-0.15, -0.1) is 22.7 Å². The number of rotatable bonds is 7. The van der Waals surface area contributed by atoms with Crippen LogP contribution in [0.3, 0.4) is 0 Å². The van der Waals surface area contributed by atoms with Gasteiger partial charge in [0.2, 0.25) is 5.91 Å². The SMILES string of the molecule is CC(=O)NCc1ccc(-c2csc(NC(N)=NCCc3ccccc3Cl)n2)s1. The van der Waals surface area contributed by atoms with Gasteiger partial charge in [0.25, 0.3) is 0 Å². The number of aromatic nitrogens is 1. The van der Waals surface area contributed by atoms with E-state index in [-0.39, 0.29) is 5.91 Å². The summed E-state index contributed by atoms with van der Waals surface area (Å²) < 4.78 is 0. The molecule has 0 aliphatic rings. The third-order valence-electron chi connectivity index (χ3n) is 3.79. The van der Waals surface area contributed by atoms with Crippen LogP contribution in [0.4, 0.5) is 5.13 Å². The lowest BCUT2D eigenvalue weighted by Gasteiger charge is -2.03. The molecule has 1 aromatic carbocycles. The van der Waals surface area contributed by atoms with Crippen LogP contribution in [0.25, 0.3) is 10.6 Å². The normalized spacial score (nSPS) is 11.4. The standard InChI is InChI=1S/C19H20ClN5OS2/c1-12(26)23-10-14-6-7-17(28-14)16-11-27-19(24-16)25-18(21)22-9-8-13-4-2-3-5-15(13)20/h2-7,11H,8-10H2,1H3,(H,23,26)(H3,21,22,24,25). The first kappa shape index (κ1) is 20.3. The van der Waals surface area contributed by atoms with Crippen LogP contribution >= 0.6 is 34.3 Å². The Balaban J connectivity index is 1.55. The fraction of sp³-hybridized carbons (Fsp3) is 0.211. The van der Waals surface area contributed by atoms with Gasteiger partial charge in [0.15, 0.2) is 11.1 Å². The topological polar surface area (TPSA) is 92.4 Å². The van der Waals surface area contributed by atoms with Crippen LogP contribution < -0.4 is 16.4 Å². The van der Waals surface area contributed by atoms with E-state index in [1.165, 1.54) is 18.3 Å². The molecule has 146 valence electrons. The van der Waals surface area contributed by atoms with Crippen LogP contribution in [-0.4, -0.2) is 23.4 Å². The van der Waals surface area contributed by atoms with Crippen LogP contribution in [0.1, 0.15) is 17.4 Å². The molecule has 0 radical (unpaired) electrons. The van der Waals surface area contributed by atoms with Crippen molar-refractivity contribution in [1.82, 2.24) is 10.3 Å². The molecule has 2 aromatic heterocycles. The molecule has 6 nitrogen and oxygen atoms in total. The highest BCUT2D eigenvalue weighted by atomic mass is 35.5. The van der Waals surface area contributed by atoms with Crippen molar-refractivity contribution in [3.8, 4) is 10.6 Å². The van der Waals surface area contributed by atoms with Gasteiger partial charge in [0.1, 0.15) is 0 Å². The number of amides is 1. The number of nitrogens with zero attached hydrogens (tertiary/aromatic N) is 2. The molecule has 0 unspecified atom stereocenters. The molecular formula is C19H20ClN5OS2. The lowest BCUT2D eigenvalue weighted by molar-refractivity contribution is -0.119. The number of nitrogens with one attached hydrogen (secondary N) is 2. The van der Waals surface area contributed by atoms with Crippen LogP contribution in [0.15, 0.2) is 46.8 Å². The number of guanidine groups is 1. The predicted molar refractivity (Wildman–Crippen MR) is 118 cm³/mol. The second-order valence-electron chi connectivity index (χ2n) is 5.95. The summed E-state index contributed by atoms with van der Waals surface area (Å²) in [5, 5.41) is 9.21. The summed E-state index contributed by atoms with van der Waals surface area (Å²) in [6, 6.07) is 11.7. The first-order valence-corrected chi connectivity index (χ1v) is 10.7. The first-order valence-electron chi connectivity index (χ1n) is 8.60. The number of thiophene rings is 1. The van der Waals surface area contributed by atoms with E-state index in [4.69, 9.17) is 17.3 Å². The monoisotopic (exact) mass is 433 g/mol. The van der Waals surface area contributed by atoms with Crippen molar-refractivity contribution in [3.63, 3.8) is 0 Å². The fourth-order valence-corrected chi connectivity index (χ4v) is 4.34. The Morgan fingerprint density at radius 1 is 1.29 bits per heavy atom. The van der Waals surface area contributed by atoms with Crippen molar-refractivity contribution in [2.24, 2.45) is 10.7 Å². The van der Waals surface area contributed by atoms with Crippen LogP contribution in [0.5, 0.6) is 0 Å². The third kappa shape index (κ3) is 5.79. The van der Waals surface area contributed by atoms with Crippen LogP contribution in [0, 0.1) is 0 Å². The third-order valence-corrected chi connectivity index (χ3v) is 6.02. The van der Waals surface area contributed by atoms with E-state index >= 15 is 0 Å². The lowest BCUT2D eigenvalue weighted by atomic mass is 10.1. The summed E-state index contributed by atoms with van der Waals surface area (Å²) in [7, 11) is 0. The van der Waals surface area contributed by atoms with Gasteiger partial charge in [-0.1, -0.05) is 29.8 Å². The second-order valence-corrected chi connectivity index (χ2v) is 8.38. The molecule has 4 N–H and O–H groups in total. The highest BCUT2D eigenvalue weighted by Gasteiger charge is 2.09. The van der Waals surface area contributed by atoms with Gasteiger partial charge < -0.3 is 16.4 Å². The molecule has 0 atom stereocenters. The van der Waals surface area contributed by atoms with Crippen molar-refractivity contribution < 1.29 is 4.79 Å². The zero-order valence-corrected chi connectivity index (χ0v) is 17.6. The van der Waals surface area contributed by atoms with Crippen molar-refractivity contribution in [2.75, 3.05) is 11.9 Å². The number of thiazole rings is 1. The van der Waals surface area contributed by atoms with Gasteiger partial charge in [-0.3, -0.25) is 9.79 Å². The fourth-order valence-electron chi connectivity index (χ4n) is 2.41. The summed E-state index contributed by atoms with van der Waals surface area (Å²) in [6.07, 6.45) is 0.720. The largest absolute Gasteiger partial charge is 0.370 e. The Kier molecular flexibility index (Phi) is 7.02. The molecule has 2 heterocycles. The van der Waals surface area contributed by atoms with E-state index in [1.54, 1.807) is 11.3 Å². The van der Waals surface area contributed by atoms with Gasteiger partial charge >= 0.3 is 0 Å². The van der Waals surface area contributed by atoms with Crippen molar-refractivity contribution >= 4 is 51.3 Å². The number of hydrogen-bond acceptors (Lipinski definition) is 5. The molecule has 3 rings (SSSR count). The lowest BCUT2D eigenvalue weighted by Crippen LogP contribution is -2.23. The quantitative estimate of drug-likeness (QED) is 0.386. The molecule has 0 aliphatic heterocycles. The molecule has 0 spiro atoms. The Morgan fingerprint density at radius 3 is 2.89 bits per heavy atom. The van der Waals surface area contributed by atoms with E-state index < -0.39 is 0 Å². The van der Waals surface area contributed by atoms with Crippen molar-refractivity contribution in [1.29, 1.82) is 0 Å². The Labute approximate surface area is 176 Å². The van der Waals surface area contributed by atoms with E-state index in [9.17, 15) is 4.79 Å². The number of carbonyl (C=O) groups is 1. The molecular weight excluding hydrogens is 414 g/mol. The van der Waals surface area contributed by atoms with Gasteiger partial charge in [0, 0.05) is 28.7 Å². The van der Waals surface area contributed by atoms with E-state index in [1.807, 2.05) is 41.8 Å². The number of halogens is 1. The minimum atomic E-state index is -0.0422. The summed E-state index contributed by atoms with van der Waals surface area (Å²) in [5.41, 5.74) is 7.88. The molecule has 0 saturated heterocycles. The van der Waals surface area contributed by atoms with Gasteiger partial charge in [-0.2, -0.15) is 0 Å². The van der Waals surface area contributed by atoms with Gasteiger partial charge in [0.05, 0.1) is 17.1 Å². The Bertz CT molecular complexity index is 982. The molecule has 1 amide bonds. The minimum absolute atomic E-state index is 0.0422. The minimum Gasteiger partial charge on any atom is -0.370 e. The van der Waals surface area contributed by atoms with E-state index in [0.717, 1.165) is 32.5 Å². The number of carbonyl (C=O) groups excluding carboxylic acids is 1. The zero-order valence-electron chi connectivity index (χ0n) is 15.2. The Hall–Kier alpha value is -2.42. The average Bonchev–Trinajstić information content (AvgIpc) is 3.31. The summed E-state index contributed by atoms with van der Waals surface area (Å²) >= 11 is 9.21. The molecule has 0 bridgehead atoms. The molecule has 0 saturated carbocycles. The van der Waals surface area contributed by atoms with Crippen molar-refractivity contribution in [3.05, 3.63) is 57.2 Å². The smallest absolute Gasteiger partial charge is 0.217 e. The number of anilines is 1. The number of hydrogen-bond donors (Lipinski definition) is 3. The molecule has 0 aliphatic carbocycles. The van der Waals surface area contributed by atoms with Crippen LogP contribution in [0.2, 0.25) is 5.02 Å². The maximum absolute atomic E-state index is 11.0. The first-order chi connectivity index (χ1) is 13.5. The maximum atomic E-state index is 11.0. The molecule has 0 fully saturated rings. The van der Waals surface area contributed by atoms with Crippen LogP contribution in [-0.2, 0) is 17.8 Å². The second kappa shape index (κ2) is 9.68. The van der Waals surface area contributed by atoms with Gasteiger partial charge in [-0.05, 0) is 30.2 Å². The molecule has 9 heteroatoms. The summed E-state index contributed by atoms with van der Waals surface area (Å²) in [6.45, 7) is 2.58. The van der Waals surface area contributed by atoms with E-state index in [2.05, 4.69) is 20.6 Å². The van der Waals surface area contributed by atoms with Crippen molar-refractivity contribution in [2.45, 2.75) is 19.9 Å². The van der Waals surface area contributed by atoms with Gasteiger partial charge in [-0.25, -0.2) is 4.98 Å².